The molecule has 1 amide bonds. The van der Waals surface area contributed by atoms with Crippen LogP contribution in [-0.2, 0) is 4.74 Å². The maximum atomic E-state index is 12.1. The molecule has 23 heavy (non-hydrogen) atoms. The summed E-state index contributed by atoms with van der Waals surface area (Å²) in [7, 11) is 0. The van der Waals surface area contributed by atoms with Gasteiger partial charge in [0.15, 0.2) is 0 Å². The van der Waals surface area contributed by atoms with Crippen LogP contribution < -0.4 is 10.6 Å². The molecule has 0 fully saturated rings. The average Bonchev–Trinajstić information content (AvgIpc) is 2.41. The molecule has 5 nitrogen and oxygen atoms in total. The molecule has 1 aromatic rings. The lowest BCUT2D eigenvalue weighted by Gasteiger charge is -2.30. The highest BCUT2D eigenvalue weighted by Gasteiger charge is 2.25. The Morgan fingerprint density at radius 3 is 2.22 bits per heavy atom. The van der Waals surface area contributed by atoms with Crippen molar-refractivity contribution in [2.75, 3.05) is 6.54 Å². The molecule has 3 N–H and O–H groups in total. The van der Waals surface area contributed by atoms with Crippen molar-refractivity contribution in [1.82, 2.24) is 10.6 Å². The molecule has 130 valence electrons. The lowest BCUT2D eigenvalue weighted by Crippen LogP contribution is -2.48. The van der Waals surface area contributed by atoms with Crippen molar-refractivity contribution in [2.45, 2.75) is 64.8 Å². The Kier molecular flexibility index (Phi) is 6.59. The van der Waals surface area contributed by atoms with Crippen molar-refractivity contribution < 1.29 is 14.6 Å². The van der Waals surface area contributed by atoms with Gasteiger partial charge in [0, 0.05) is 12.6 Å². The summed E-state index contributed by atoms with van der Waals surface area (Å²) in [4.78, 5) is 12.1. The molecule has 0 aliphatic carbocycles. The first-order chi connectivity index (χ1) is 10.5. The molecular weight excluding hydrogens is 292 g/mol. The van der Waals surface area contributed by atoms with E-state index in [0.29, 0.717) is 6.54 Å². The zero-order valence-electron chi connectivity index (χ0n) is 15.0. The van der Waals surface area contributed by atoms with Gasteiger partial charge in [-0.15, -0.1) is 0 Å². The number of hydrogen-bond acceptors (Lipinski definition) is 4. The van der Waals surface area contributed by atoms with Gasteiger partial charge in [0.05, 0.1) is 11.6 Å². The maximum absolute atomic E-state index is 12.1. The third kappa shape index (κ3) is 7.48. The highest BCUT2D eigenvalue weighted by Crippen LogP contribution is 2.15. The number of rotatable bonds is 6. The first-order valence-electron chi connectivity index (χ1n) is 7.99. The molecule has 0 radical (unpaired) electrons. The molecular formula is C18H30N2O3. The zero-order chi connectivity index (χ0) is 17.7. The third-order valence-electron chi connectivity index (χ3n) is 3.58. The summed E-state index contributed by atoms with van der Waals surface area (Å²) in [5.41, 5.74) is -0.402. The van der Waals surface area contributed by atoms with Crippen LogP contribution in [0.3, 0.4) is 0 Å². The van der Waals surface area contributed by atoms with Crippen LogP contribution in [0.1, 0.15) is 53.1 Å². The Bertz CT molecular complexity index is 489. The predicted molar refractivity (Wildman–Crippen MR) is 92.3 cm³/mol. The smallest absolute Gasteiger partial charge is 0.408 e. The van der Waals surface area contributed by atoms with E-state index < -0.39 is 17.3 Å². The number of amides is 1. The highest BCUT2D eigenvalue weighted by atomic mass is 16.6. The summed E-state index contributed by atoms with van der Waals surface area (Å²) < 4.78 is 5.34. The van der Waals surface area contributed by atoms with Crippen molar-refractivity contribution in [3.63, 3.8) is 0 Å². The van der Waals surface area contributed by atoms with Crippen LogP contribution in [0, 0.1) is 0 Å². The van der Waals surface area contributed by atoms with Crippen molar-refractivity contribution in [3.8, 4) is 0 Å². The number of ether oxygens (including phenoxy) is 1. The normalized spacial score (nSPS) is 14.9. The fraction of sp³-hybridized carbons (Fsp3) is 0.611. The Morgan fingerprint density at radius 2 is 1.74 bits per heavy atom. The molecule has 5 heteroatoms. The fourth-order valence-corrected chi connectivity index (χ4v) is 1.93. The Hall–Kier alpha value is -1.59. The van der Waals surface area contributed by atoms with Crippen LogP contribution >= 0.6 is 0 Å². The van der Waals surface area contributed by atoms with Gasteiger partial charge in [-0.25, -0.2) is 4.79 Å². The van der Waals surface area contributed by atoms with Gasteiger partial charge in [0.2, 0.25) is 0 Å². The van der Waals surface area contributed by atoms with E-state index in [1.165, 1.54) is 0 Å². The third-order valence-corrected chi connectivity index (χ3v) is 3.58. The van der Waals surface area contributed by atoms with E-state index in [2.05, 4.69) is 10.6 Å². The summed E-state index contributed by atoms with van der Waals surface area (Å²) in [5, 5.41) is 16.2. The quantitative estimate of drug-likeness (QED) is 0.753. The van der Waals surface area contributed by atoms with Crippen molar-refractivity contribution in [3.05, 3.63) is 35.9 Å². The number of nitrogens with one attached hydrogen (secondary N) is 2. The van der Waals surface area contributed by atoms with Gasteiger partial charge < -0.3 is 20.5 Å². The summed E-state index contributed by atoms with van der Waals surface area (Å²) in [6, 6.07) is 9.35. The van der Waals surface area contributed by atoms with E-state index in [-0.39, 0.29) is 12.1 Å². The monoisotopic (exact) mass is 322 g/mol. The van der Waals surface area contributed by atoms with Crippen LogP contribution in [0.2, 0.25) is 0 Å². The van der Waals surface area contributed by atoms with Gasteiger partial charge in [-0.05, 0) is 47.1 Å². The van der Waals surface area contributed by atoms with E-state index in [4.69, 9.17) is 4.74 Å². The van der Waals surface area contributed by atoms with E-state index >= 15 is 0 Å². The van der Waals surface area contributed by atoms with Gasteiger partial charge in [-0.2, -0.15) is 0 Å². The number of alkyl carbamates (subject to hydrolysis) is 1. The van der Waals surface area contributed by atoms with Crippen LogP contribution in [0.15, 0.2) is 30.3 Å². The van der Waals surface area contributed by atoms with Gasteiger partial charge >= 0.3 is 6.09 Å². The number of aliphatic hydroxyl groups is 1. The Balaban J connectivity index is 2.77. The first-order valence-corrected chi connectivity index (χ1v) is 7.99. The van der Waals surface area contributed by atoms with Crippen LogP contribution in [0.5, 0.6) is 0 Å². The van der Waals surface area contributed by atoms with E-state index in [1.807, 2.05) is 58.0 Å². The maximum Gasteiger partial charge on any atom is 0.408 e. The van der Waals surface area contributed by atoms with Crippen molar-refractivity contribution in [2.24, 2.45) is 0 Å². The van der Waals surface area contributed by atoms with E-state index in [9.17, 15) is 9.90 Å². The van der Waals surface area contributed by atoms with E-state index in [1.54, 1.807) is 13.8 Å². The van der Waals surface area contributed by atoms with E-state index in [0.717, 1.165) is 5.56 Å². The van der Waals surface area contributed by atoms with Crippen molar-refractivity contribution >= 4 is 6.09 Å². The standard InChI is InChI=1S/C18H30N2O3/c1-13(18(5,6)22)19-12-15(14-10-8-7-9-11-14)20-16(21)23-17(2,3)4/h7-11,13,15,19,22H,12H2,1-6H3,(H,20,21). The second-order valence-electron chi connectivity index (χ2n) is 7.39. The zero-order valence-corrected chi connectivity index (χ0v) is 15.0. The predicted octanol–water partition coefficient (Wildman–Crippen LogP) is 3.00. The molecule has 1 rings (SSSR count). The van der Waals surface area contributed by atoms with Crippen LogP contribution in [0.4, 0.5) is 4.79 Å². The minimum Gasteiger partial charge on any atom is -0.444 e. The van der Waals surface area contributed by atoms with Crippen LogP contribution in [-0.4, -0.2) is 35.0 Å². The van der Waals surface area contributed by atoms with Gasteiger partial charge in [-0.3, -0.25) is 0 Å². The second-order valence-corrected chi connectivity index (χ2v) is 7.39. The lowest BCUT2D eigenvalue weighted by molar-refractivity contribution is 0.0413. The number of benzene rings is 1. The molecule has 0 aliphatic rings. The highest BCUT2D eigenvalue weighted by molar-refractivity contribution is 5.68. The average molecular weight is 322 g/mol. The minimum atomic E-state index is -0.840. The molecule has 0 saturated carbocycles. The molecule has 2 atom stereocenters. The topological polar surface area (TPSA) is 70.6 Å². The summed E-state index contributed by atoms with van der Waals surface area (Å²) >= 11 is 0. The van der Waals surface area contributed by atoms with Crippen LogP contribution in [0.25, 0.3) is 0 Å². The molecule has 0 saturated heterocycles. The number of carbonyl (C=O) groups is 1. The van der Waals surface area contributed by atoms with Crippen molar-refractivity contribution in [1.29, 1.82) is 0 Å². The Labute approximate surface area is 139 Å². The summed E-state index contributed by atoms with van der Waals surface area (Å²) in [5.74, 6) is 0. The molecule has 0 spiro atoms. The SMILES string of the molecule is CC(NCC(NC(=O)OC(C)(C)C)c1ccccc1)C(C)(C)O. The van der Waals surface area contributed by atoms with Gasteiger partial charge in [0.25, 0.3) is 0 Å². The molecule has 0 bridgehead atoms. The molecule has 0 aromatic heterocycles. The largest absolute Gasteiger partial charge is 0.444 e. The summed E-state index contributed by atoms with van der Waals surface area (Å²) in [6.45, 7) is 11.4. The Morgan fingerprint density at radius 1 is 1.17 bits per heavy atom. The lowest BCUT2D eigenvalue weighted by atomic mass is 10.00. The second kappa shape index (κ2) is 7.79. The molecule has 0 aliphatic heterocycles. The van der Waals surface area contributed by atoms with Gasteiger partial charge in [0.1, 0.15) is 5.60 Å². The minimum absolute atomic E-state index is 0.117. The molecule has 2 unspecified atom stereocenters. The first kappa shape index (κ1) is 19.5. The molecule has 0 heterocycles. The van der Waals surface area contributed by atoms with Gasteiger partial charge in [-0.1, -0.05) is 30.3 Å². The molecule has 1 aromatic carbocycles. The summed E-state index contributed by atoms with van der Waals surface area (Å²) in [6.07, 6.45) is -0.455. The fourth-order valence-electron chi connectivity index (χ4n) is 1.93. The number of hydrogen-bond donors (Lipinski definition) is 3. The number of carbonyl (C=O) groups excluding carboxylic acids is 1.